The molecule has 0 bridgehead atoms. The minimum absolute atomic E-state index is 0.263. The molecule has 0 aromatic heterocycles. The lowest BCUT2D eigenvalue weighted by molar-refractivity contribution is -0.144. The third-order valence-corrected chi connectivity index (χ3v) is 3.48. The normalized spacial score (nSPS) is 11.5. The first-order chi connectivity index (χ1) is 9.94. The van der Waals surface area contributed by atoms with Crippen LogP contribution in [-0.4, -0.2) is 38.7 Å². The van der Waals surface area contributed by atoms with Crippen molar-refractivity contribution >= 4 is 27.8 Å². The summed E-state index contributed by atoms with van der Waals surface area (Å²) in [6.07, 6.45) is 0. The van der Waals surface area contributed by atoms with Gasteiger partial charge in [0.2, 0.25) is 0 Å². The summed E-state index contributed by atoms with van der Waals surface area (Å²) in [7, 11) is 2.98. The molecule has 1 unspecified atom stereocenters. The highest BCUT2D eigenvalue weighted by Gasteiger charge is 2.20. The van der Waals surface area contributed by atoms with Gasteiger partial charge in [0.25, 0.3) is 5.91 Å². The number of amides is 1. The zero-order valence-electron chi connectivity index (χ0n) is 12.4. The molecule has 6 nitrogen and oxygen atoms in total. The minimum Gasteiger partial charge on any atom is -0.495 e. The summed E-state index contributed by atoms with van der Waals surface area (Å²) in [5, 5.41) is 2.56. The number of benzene rings is 1. The lowest BCUT2D eigenvalue weighted by atomic mass is 10.1. The number of halogens is 1. The fraction of sp³-hybridized carbons (Fsp3) is 0.429. The van der Waals surface area contributed by atoms with Gasteiger partial charge in [0.05, 0.1) is 20.8 Å². The van der Waals surface area contributed by atoms with Crippen LogP contribution in [0.4, 0.5) is 0 Å². The van der Waals surface area contributed by atoms with Crippen LogP contribution in [0.15, 0.2) is 16.6 Å². The van der Waals surface area contributed by atoms with Crippen LogP contribution >= 0.6 is 15.9 Å². The van der Waals surface area contributed by atoms with Gasteiger partial charge in [-0.05, 0) is 41.9 Å². The van der Waals surface area contributed by atoms with E-state index in [9.17, 15) is 9.59 Å². The van der Waals surface area contributed by atoms with Crippen molar-refractivity contribution in [3.8, 4) is 11.5 Å². The molecule has 1 aromatic rings. The fourth-order valence-electron chi connectivity index (χ4n) is 1.61. The van der Waals surface area contributed by atoms with Crippen LogP contribution in [0.5, 0.6) is 11.5 Å². The number of nitrogens with one attached hydrogen (secondary N) is 1. The number of hydrogen-bond donors (Lipinski definition) is 1. The molecule has 0 spiro atoms. The van der Waals surface area contributed by atoms with Gasteiger partial charge >= 0.3 is 5.97 Å². The zero-order valence-corrected chi connectivity index (χ0v) is 13.9. The van der Waals surface area contributed by atoms with Crippen LogP contribution in [-0.2, 0) is 9.53 Å². The van der Waals surface area contributed by atoms with Gasteiger partial charge < -0.3 is 19.5 Å². The van der Waals surface area contributed by atoms with Crippen molar-refractivity contribution in [1.82, 2.24) is 5.32 Å². The van der Waals surface area contributed by atoms with Crippen molar-refractivity contribution in [1.29, 1.82) is 0 Å². The van der Waals surface area contributed by atoms with E-state index < -0.39 is 17.9 Å². The Morgan fingerprint density at radius 1 is 1.24 bits per heavy atom. The van der Waals surface area contributed by atoms with Crippen LogP contribution in [0.1, 0.15) is 24.2 Å². The molecule has 1 aromatic carbocycles. The summed E-state index contributed by atoms with van der Waals surface area (Å²) in [4.78, 5) is 23.7. The average molecular weight is 360 g/mol. The van der Waals surface area contributed by atoms with E-state index in [2.05, 4.69) is 21.2 Å². The number of hydrogen-bond acceptors (Lipinski definition) is 5. The molecule has 0 saturated heterocycles. The Morgan fingerprint density at radius 2 is 1.76 bits per heavy atom. The minimum atomic E-state index is -0.738. The molecule has 0 saturated carbocycles. The highest BCUT2D eigenvalue weighted by molar-refractivity contribution is 9.10. The Bertz CT molecular complexity index is 507. The molecule has 0 aliphatic heterocycles. The Morgan fingerprint density at radius 3 is 2.19 bits per heavy atom. The Balaban J connectivity index is 2.95. The molecule has 21 heavy (non-hydrogen) atoms. The molecule has 1 atom stereocenters. The molecule has 0 aliphatic carbocycles. The summed E-state index contributed by atoms with van der Waals surface area (Å²) >= 11 is 3.32. The van der Waals surface area contributed by atoms with Gasteiger partial charge in [-0.15, -0.1) is 0 Å². The quantitative estimate of drug-likeness (QED) is 0.787. The molecule has 1 amide bonds. The number of rotatable bonds is 6. The van der Waals surface area contributed by atoms with Gasteiger partial charge in [-0.1, -0.05) is 0 Å². The Kier molecular flexibility index (Phi) is 6.48. The van der Waals surface area contributed by atoms with E-state index in [1.807, 2.05) is 0 Å². The van der Waals surface area contributed by atoms with E-state index in [0.29, 0.717) is 21.5 Å². The van der Waals surface area contributed by atoms with Crippen molar-refractivity contribution in [3.63, 3.8) is 0 Å². The number of carbonyl (C=O) groups excluding carboxylic acids is 2. The van der Waals surface area contributed by atoms with Crippen molar-refractivity contribution in [2.24, 2.45) is 0 Å². The second kappa shape index (κ2) is 7.87. The molecule has 1 rings (SSSR count). The lowest BCUT2D eigenvalue weighted by Crippen LogP contribution is -2.39. The molecule has 1 N–H and O–H groups in total. The van der Waals surface area contributed by atoms with Crippen LogP contribution in [0, 0.1) is 0 Å². The number of carbonyl (C=O) groups is 2. The monoisotopic (exact) mass is 359 g/mol. The molecule has 0 heterocycles. The van der Waals surface area contributed by atoms with E-state index in [1.54, 1.807) is 26.0 Å². The van der Waals surface area contributed by atoms with E-state index in [4.69, 9.17) is 14.2 Å². The molecule has 0 radical (unpaired) electrons. The van der Waals surface area contributed by atoms with Gasteiger partial charge in [0, 0.05) is 5.56 Å². The summed E-state index contributed by atoms with van der Waals surface area (Å²) < 4.78 is 15.8. The van der Waals surface area contributed by atoms with Crippen LogP contribution in [0.25, 0.3) is 0 Å². The summed E-state index contributed by atoms with van der Waals surface area (Å²) in [6, 6.07) is 2.37. The first-order valence-corrected chi connectivity index (χ1v) is 7.12. The predicted molar refractivity (Wildman–Crippen MR) is 80.8 cm³/mol. The van der Waals surface area contributed by atoms with Crippen molar-refractivity contribution in [2.45, 2.75) is 19.9 Å². The number of ether oxygens (including phenoxy) is 3. The first kappa shape index (κ1) is 17.3. The second-order valence-corrected chi connectivity index (χ2v) is 4.93. The SMILES string of the molecule is CCOC(=O)C(C)NC(=O)c1cc(OC)c(Br)c(OC)c1. The van der Waals surface area contributed by atoms with Gasteiger partial charge in [-0.3, -0.25) is 4.79 Å². The van der Waals surface area contributed by atoms with Gasteiger partial charge in [0.1, 0.15) is 22.0 Å². The number of methoxy groups -OCH3 is 2. The van der Waals surface area contributed by atoms with Crippen molar-refractivity contribution in [2.75, 3.05) is 20.8 Å². The average Bonchev–Trinajstić information content (AvgIpc) is 2.47. The molecule has 0 aliphatic rings. The maximum atomic E-state index is 12.2. The van der Waals surface area contributed by atoms with E-state index >= 15 is 0 Å². The molecular weight excluding hydrogens is 342 g/mol. The van der Waals surface area contributed by atoms with Gasteiger partial charge in [-0.2, -0.15) is 0 Å². The highest BCUT2D eigenvalue weighted by atomic mass is 79.9. The lowest BCUT2D eigenvalue weighted by Gasteiger charge is -2.14. The van der Waals surface area contributed by atoms with Crippen LogP contribution < -0.4 is 14.8 Å². The van der Waals surface area contributed by atoms with Crippen LogP contribution in [0.3, 0.4) is 0 Å². The smallest absolute Gasteiger partial charge is 0.328 e. The third kappa shape index (κ3) is 4.35. The number of esters is 1. The fourth-order valence-corrected chi connectivity index (χ4v) is 2.16. The van der Waals surface area contributed by atoms with E-state index in [0.717, 1.165) is 0 Å². The first-order valence-electron chi connectivity index (χ1n) is 6.33. The topological polar surface area (TPSA) is 73.9 Å². The zero-order chi connectivity index (χ0) is 16.0. The molecule has 7 heteroatoms. The summed E-state index contributed by atoms with van der Waals surface area (Å²) in [6.45, 7) is 3.53. The van der Waals surface area contributed by atoms with Crippen LogP contribution in [0.2, 0.25) is 0 Å². The summed E-state index contributed by atoms with van der Waals surface area (Å²) in [5.41, 5.74) is 0.322. The van der Waals surface area contributed by atoms with Crippen molar-refractivity contribution in [3.05, 3.63) is 22.2 Å². The predicted octanol–water partition coefficient (Wildman–Crippen LogP) is 2.15. The van der Waals surface area contributed by atoms with Gasteiger partial charge in [0.15, 0.2) is 0 Å². The van der Waals surface area contributed by atoms with Crippen molar-refractivity contribution < 1.29 is 23.8 Å². The van der Waals surface area contributed by atoms with E-state index in [1.165, 1.54) is 14.2 Å². The Hall–Kier alpha value is -1.76. The maximum Gasteiger partial charge on any atom is 0.328 e. The molecular formula is C14H18BrNO5. The Labute approximate surface area is 131 Å². The van der Waals surface area contributed by atoms with Gasteiger partial charge in [-0.25, -0.2) is 4.79 Å². The maximum absolute atomic E-state index is 12.2. The highest BCUT2D eigenvalue weighted by Crippen LogP contribution is 2.35. The summed E-state index contributed by atoms with van der Waals surface area (Å²) in [5.74, 6) is 0.0214. The third-order valence-electron chi connectivity index (χ3n) is 2.70. The second-order valence-electron chi connectivity index (χ2n) is 4.14. The standard InChI is InChI=1S/C14H18BrNO5/c1-5-21-14(18)8(2)16-13(17)9-6-10(19-3)12(15)11(7-9)20-4/h6-8H,5H2,1-4H3,(H,16,17). The largest absolute Gasteiger partial charge is 0.495 e. The molecule has 0 fully saturated rings. The van der Waals surface area contributed by atoms with E-state index in [-0.39, 0.29) is 6.61 Å². The molecule has 116 valence electrons.